The molecule has 0 bridgehead atoms. The van der Waals surface area contributed by atoms with E-state index in [4.69, 9.17) is 5.73 Å². The molecule has 0 saturated carbocycles. The molecular formula is C17H25N3O4. The second kappa shape index (κ2) is 9.79. The molecule has 2 amide bonds. The molecule has 4 N–H and O–H groups in total. The van der Waals surface area contributed by atoms with Gasteiger partial charge in [0.15, 0.2) is 0 Å². The summed E-state index contributed by atoms with van der Waals surface area (Å²) < 4.78 is 0. The second-order valence-electron chi connectivity index (χ2n) is 5.99. The van der Waals surface area contributed by atoms with Gasteiger partial charge in [-0.1, -0.05) is 44.2 Å². The van der Waals surface area contributed by atoms with Gasteiger partial charge in [-0.2, -0.15) is 0 Å². The Kier molecular flexibility index (Phi) is 8.08. The van der Waals surface area contributed by atoms with Crippen molar-refractivity contribution < 1.29 is 19.2 Å². The van der Waals surface area contributed by atoms with Crippen LogP contribution in [0, 0.1) is 5.92 Å². The zero-order valence-corrected chi connectivity index (χ0v) is 14.2. The molecule has 132 valence electrons. The Balaban J connectivity index is 2.86. The van der Waals surface area contributed by atoms with Crippen molar-refractivity contribution in [2.45, 2.75) is 38.8 Å². The topological polar surface area (TPSA) is 111 Å². The van der Waals surface area contributed by atoms with Gasteiger partial charge >= 0.3 is 5.91 Å². The molecule has 0 heterocycles. The van der Waals surface area contributed by atoms with Crippen LogP contribution in [0.15, 0.2) is 30.3 Å². The average Bonchev–Trinajstić information content (AvgIpc) is 2.54. The van der Waals surface area contributed by atoms with Crippen LogP contribution in [-0.2, 0) is 25.6 Å². The minimum atomic E-state index is -1.01. The summed E-state index contributed by atoms with van der Waals surface area (Å²) in [5.41, 5.74) is 8.64. The maximum atomic E-state index is 12.3. The van der Waals surface area contributed by atoms with Gasteiger partial charge < -0.3 is 11.1 Å². The Labute approximate surface area is 141 Å². The van der Waals surface area contributed by atoms with E-state index in [0.29, 0.717) is 6.42 Å². The summed E-state index contributed by atoms with van der Waals surface area (Å²) in [4.78, 5) is 40.7. The maximum Gasteiger partial charge on any atom is 0.313 e. The van der Waals surface area contributed by atoms with Crippen LogP contribution < -0.4 is 16.5 Å². The van der Waals surface area contributed by atoms with Crippen LogP contribution in [0.4, 0.5) is 0 Å². The van der Waals surface area contributed by atoms with Gasteiger partial charge in [0.1, 0.15) is 6.04 Å². The summed E-state index contributed by atoms with van der Waals surface area (Å²) in [5, 5.41) is 2.58. The lowest BCUT2D eigenvalue weighted by Crippen LogP contribution is -2.52. The Bertz CT molecular complexity index is 560. The number of nitrogens with one attached hydrogen (secondary N) is 2. The van der Waals surface area contributed by atoms with E-state index in [2.05, 4.69) is 10.2 Å². The molecule has 0 spiro atoms. The van der Waals surface area contributed by atoms with Crippen molar-refractivity contribution in [3.05, 3.63) is 35.9 Å². The van der Waals surface area contributed by atoms with Gasteiger partial charge in [0.25, 0.3) is 0 Å². The number of hydroxylamine groups is 1. The quantitative estimate of drug-likeness (QED) is 0.445. The first kappa shape index (κ1) is 19.8. The maximum absolute atomic E-state index is 12.3. The lowest BCUT2D eigenvalue weighted by atomic mass is 10.00. The Morgan fingerprint density at radius 1 is 1.17 bits per heavy atom. The molecule has 2 unspecified atom stereocenters. The average molecular weight is 335 g/mol. The summed E-state index contributed by atoms with van der Waals surface area (Å²) >= 11 is 0. The van der Waals surface area contributed by atoms with Gasteiger partial charge in [-0.05, 0) is 17.9 Å². The highest BCUT2D eigenvalue weighted by Gasteiger charge is 2.29. The molecule has 0 aliphatic heterocycles. The third kappa shape index (κ3) is 6.47. The van der Waals surface area contributed by atoms with Gasteiger partial charge in [-0.3, -0.25) is 19.2 Å². The zero-order valence-electron chi connectivity index (χ0n) is 14.2. The van der Waals surface area contributed by atoms with Crippen LogP contribution in [0.3, 0.4) is 0 Å². The number of hydrogen-bond donors (Lipinski definition) is 3. The molecule has 7 heteroatoms. The molecule has 0 aliphatic rings. The van der Waals surface area contributed by atoms with Crippen LogP contribution in [0.1, 0.15) is 25.8 Å². The predicted octanol–water partition coefficient (Wildman–Crippen LogP) is 0.334. The van der Waals surface area contributed by atoms with Crippen LogP contribution >= 0.6 is 0 Å². The standard InChI is InChI=1S/C17H25N3O4/c1-11(2)9-13(18)16(22)19-14(15(21)17(23)20-24-3)10-12-7-5-4-6-8-12/h4-8,11,13-14H,9-10,18H2,1-3H3,(H,19,22)(H,20,23). The lowest BCUT2D eigenvalue weighted by Gasteiger charge is -2.20. The molecule has 1 rings (SSSR count). The van der Waals surface area contributed by atoms with Crippen LogP contribution in [0.2, 0.25) is 0 Å². The highest BCUT2D eigenvalue weighted by atomic mass is 16.6. The van der Waals surface area contributed by atoms with Gasteiger partial charge in [0.05, 0.1) is 13.2 Å². The summed E-state index contributed by atoms with van der Waals surface area (Å²) in [6.45, 7) is 3.90. The lowest BCUT2D eigenvalue weighted by molar-refractivity contribution is -0.146. The molecule has 0 radical (unpaired) electrons. The van der Waals surface area contributed by atoms with Crippen molar-refractivity contribution in [1.29, 1.82) is 0 Å². The molecule has 24 heavy (non-hydrogen) atoms. The normalized spacial score (nSPS) is 13.2. The molecule has 0 saturated heterocycles. The highest BCUT2D eigenvalue weighted by Crippen LogP contribution is 2.07. The summed E-state index contributed by atoms with van der Waals surface area (Å²) in [6.07, 6.45) is 0.680. The minimum Gasteiger partial charge on any atom is -0.344 e. The van der Waals surface area contributed by atoms with E-state index in [1.807, 2.05) is 49.7 Å². The molecule has 0 aromatic heterocycles. The van der Waals surface area contributed by atoms with Crippen molar-refractivity contribution >= 4 is 17.6 Å². The fourth-order valence-electron chi connectivity index (χ4n) is 2.25. The number of ketones is 1. The number of benzene rings is 1. The SMILES string of the molecule is CONC(=O)C(=O)C(Cc1ccccc1)NC(=O)C(N)CC(C)C. The van der Waals surface area contributed by atoms with Crippen LogP contribution in [0.25, 0.3) is 0 Å². The largest absolute Gasteiger partial charge is 0.344 e. The zero-order chi connectivity index (χ0) is 18.1. The number of Topliss-reactive ketones (excluding diaryl/α,β-unsaturated/α-hetero) is 1. The van der Waals surface area contributed by atoms with Crippen molar-refractivity contribution in [3.63, 3.8) is 0 Å². The summed E-state index contributed by atoms with van der Waals surface area (Å²) in [5.74, 6) is -1.92. The van der Waals surface area contributed by atoms with E-state index in [1.165, 1.54) is 7.11 Å². The van der Waals surface area contributed by atoms with Gasteiger partial charge in [0.2, 0.25) is 11.7 Å². The third-order valence-corrected chi connectivity index (χ3v) is 3.40. The smallest absolute Gasteiger partial charge is 0.313 e. The minimum absolute atomic E-state index is 0.191. The first-order valence-corrected chi connectivity index (χ1v) is 7.82. The van der Waals surface area contributed by atoms with E-state index in [9.17, 15) is 14.4 Å². The van der Waals surface area contributed by atoms with Crippen LogP contribution in [0.5, 0.6) is 0 Å². The van der Waals surface area contributed by atoms with E-state index in [1.54, 1.807) is 0 Å². The van der Waals surface area contributed by atoms with Gasteiger partial charge in [-0.15, -0.1) is 0 Å². The van der Waals surface area contributed by atoms with Crippen molar-refractivity contribution in [2.75, 3.05) is 7.11 Å². The fraction of sp³-hybridized carbons (Fsp3) is 0.471. The molecule has 0 fully saturated rings. The van der Waals surface area contributed by atoms with Gasteiger partial charge in [0, 0.05) is 6.42 Å². The number of nitrogens with two attached hydrogens (primary N) is 1. The number of hydrogen-bond acceptors (Lipinski definition) is 5. The van der Waals surface area contributed by atoms with E-state index in [-0.39, 0.29) is 12.3 Å². The molecule has 0 aliphatic carbocycles. The van der Waals surface area contributed by atoms with Crippen LogP contribution in [-0.4, -0.2) is 36.8 Å². The predicted molar refractivity (Wildman–Crippen MR) is 89.7 cm³/mol. The summed E-state index contributed by atoms with van der Waals surface area (Å²) in [7, 11) is 1.23. The molecule has 7 nitrogen and oxygen atoms in total. The second-order valence-corrected chi connectivity index (χ2v) is 5.99. The number of carbonyl (C=O) groups excluding carboxylic acids is 3. The summed E-state index contributed by atoms with van der Waals surface area (Å²) in [6, 6.07) is 7.37. The molecular weight excluding hydrogens is 310 g/mol. The number of carbonyl (C=O) groups is 3. The first-order chi connectivity index (χ1) is 11.3. The Hall–Kier alpha value is -2.25. The third-order valence-electron chi connectivity index (χ3n) is 3.40. The molecule has 1 aromatic carbocycles. The first-order valence-electron chi connectivity index (χ1n) is 7.82. The Morgan fingerprint density at radius 2 is 1.79 bits per heavy atom. The van der Waals surface area contributed by atoms with E-state index in [0.717, 1.165) is 5.56 Å². The van der Waals surface area contributed by atoms with Crippen molar-refractivity contribution in [3.8, 4) is 0 Å². The van der Waals surface area contributed by atoms with E-state index >= 15 is 0 Å². The molecule has 2 atom stereocenters. The number of rotatable bonds is 9. The van der Waals surface area contributed by atoms with Crippen molar-refractivity contribution in [1.82, 2.24) is 10.8 Å². The highest BCUT2D eigenvalue weighted by molar-refractivity contribution is 6.38. The molecule has 1 aromatic rings. The number of amides is 2. The van der Waals surface area contributed by atoms with Gasteiger partial charge in [-0.25, -0.2) is 5.48 Å². The Morgan fingerprint density at radius 3 is 2.33 bits per heavy atom. The van der Waals surface area contributed by atoms with E-state index < -0.39 is 29.7 Å². The van der Waals surface area contributed by atoms with Crippen molar-refractivity contribution in [2.24, 2.45) is 11.7 Å². The fourth-order valence-corrected chi connectivity index (χ4v) is 2.25. The monoisotopic (exact) mass is 335 g/mol.